The van der Waals surface area contributed by atoms with E-state index in [1.54, 1.807) is 37.1 Å². The zero-order valence-electron chi connectivity index (χ0n) is 13.9. The highest BCUT2D eigenvalue weighted by Crippen LogP contribution is 2.34. The smallest absolute Gasteiger partial charge is 0.267 e. The van der Waals surface area contributed by atoms with E-state index < -0.39 is 6.10 Å². The predicted molar refractivity (Wildman–Crippen MR) is 92.3 cm³/mol. The molecule has 24 heavy (non-hydrogen) atoms. The van der Waals surface area contributed by atoms with Gasteiger partial charge in [-0.2, -0.15) is 0 Å². The van der Waals surface area contributed by atoms with E-state index >= 15 is 0 Å². The minimum absolute atomic E-state index is 0.0983. The predicted octanol–water partition coefficient (Wildman–Crippen LogP) is 2.92. The molecule has 124 valence electrons. The Balaban J connectivity index is 1.79. The molecule has 3 rings (SSSR count). The minimum Gasteiger partial charge on any atom is -0.479 e. The van der Waals surface area contributed by atoms with Crippen molar-refractivity contribution in [1.29, 1.82) is 0 Å². The fourth-order valence-corrected chi connectivity index (χ4v) is 2.76. The van der Waals surface area contributed by atoms with Crippen molar-refractivity contribution in [3.63, 3.8) is 0 Å². The Bertz CT molecular complexity index is 773. The summed E-state index contributed by atoms with van der Waals surface area (Å²) in [6.07, 6.45) is -0.552. The monoisotopic (exact) mass is 324 g/mol. The molecule has 0 aromatic heterocycles. The molecule has 5 nitrogen and oxygen atoms in total. The lowest BCUT2D eigenvalue weighted by Crippen LogP contribution is -2.42. The molecular weight excluding hydrogens is 304 g/mol. The molecule has 0 saturated heterocycles. The summed E-state index contributed by atoms with van der Waals surface area (Å²) in [7, 11) is 1.71. The molecule has 0 aliphatic carbocycles. The molecule has 0 bridgehead atoms. The Morgan fingerprint density at radius 3 is 2.62 bits per heavy atom. The van der Waals surface area contributed by atoms with Gasteiger partial charge < -0.3 is 15.0 Å². The van der Waals surface area contributed by atoms with Crippen LogP contribution < -0.4 is 15.0 Å². The molecule has 1 aliphatic rings. The molecule has 0 spiro atoms. The number of hydrogen-bond donors (Lipinski definition) is 1. The maximum absolute atomic E-state index is 12.5. The van der Waals surface area contributed by atoms with Gasteiger partial charge in [0.2, 0.25) is 0 Å². The third kappa shape index (κ3) is 2.97. The third-order valence-electron chi connectivity index (χ3n) is 4.21. The number of benzene rings is 2. The lowest BCUT2D eigenvalue weighted by molar-refractivity contribution is -0.125. The van der Waals surface area contributed by atoms with Crippen LogP contribution in [0.1, 0.15) is 35.8 Å². The zero-order valence-corrected chi connectivity index (χ0v) is 13.9. The molecule has 0 saturated carbocycles. The highest BCUT2D eigenvalue weighted by molar-refractivity contribution is 6.01. The van der Waals surface area contributed by atoms with Crippen LogP contribution in [-0.2, 0) is 4.79 Å². The van der Waals surface area contributed by atoms with Gasteiger partial charge >= 0.3 is 0 Å². The Morgan fingerprint density at radius 1 is 1.21 bits per heavy atom. The number of nitrogens with one attached hydrogen (secondary N) is 1. The molecular formula is C19H20N2O3. The molecule has 2 amide bonds. The summed E-state index contributed by atoms with van der Waals surface area (Å²) < 4.78 is 5.62. The van der Waals surface area contributed by atoms with Crippen LogP contribution in [-0.4, -0.2) is 25.0 Å². The molecule has 1 aliphatic heterocycles. The molecule has 5 heteroatoms. The number of rotatable bonds is 3. The van der Waals surface area contributed by atoms with E-state index in [0.717, 1.165) is 5.56 Å². The van der Waals surface area contributed by atoms with Gasteiger partial charge in [0, 0.05) is 12.6 Å². The summed E-state index contributed by atoms with van der Waals surface area (Å²) in [4.78, 5) is 26.0. The van der Waals surface area contributed by atoms with E-state index in [-0.39, 0.29) is 17.9 Å². The number of nitrogens with zero attached hydrogens (tertiary/aromatic N) is 1. The molecule has 1 N–H and O–H groups in total. The summed E-state index contributed by atoms with van der Waals surface area (Å²) in [5.74, 6) is 0.270. The van der Waals surface area contributed by atoms with Crippen LogP contribution in [0, 0.1) is 0 Å². The van der Waals surface area contributed by atoms with Crippen molar-refractivity contribution in [2.24, 2.45) is 0 Å². The van der Waals surface area contributed by atoms with Crippen molar-refractivity contribution < 1.29 is 14.3 Å². The molecule has 1 heterocycles. The average molecular weight is 324 g/mol. The largest absolute Gasteiger partial charge is 0.479 e. The van der Waals surface area contributed by atoms with Gasteiger partial charge in [0.1, 0.15) is 5.75 Å². The normalized spacial score (nSPS) is 17.7. The maximum atomic E-state index is 12.5. The van der Waals surface area contributed by atoms with Gasteiger partial charge in [0.25, 0.3) is 11.8 Å². The van der Waals surface area contributed by atoms with Crippen molar-refractivity contribution in [1.82, 2.24) is 5.32 Å². The summed E-state index contributed by atoms with van der Waals surface area (Å²) >= 11 is 0. The van der Waals surface area contributed by atoms with Crippen molar-refractivity contribution in [2.75, 3.05) is 11.9 Å². The van der Waals surface area contributed by atoms with Crippen LogP contribution in [0.3, 0.4) is 0 Å². The second kappa shape index (κ2) is 6.35. The molecule has 0 radical (unpaired) electrons. The van der Waals surface area contributed by atoms with E-state index in [2.05, 4.69) is 5.32 Å². The maximum Gasteiger partial charge on any atom is 0.267 e. The van der Waals surface area contributed by atoms with Gasteiger partial charge in [-0.3, -0.25) is 9.59 Å². The van der Waals surface area contributed by atoms with Crippen LogP contribution >= 0.6 is 0 Å². The Morgan fingerprint density at radius 2 is 1.92 bits per heavy atom. The Hall–Kier alpha value is -2.82. The number of hydrogen-bond acceptors (Lipinski definition) is 3. The lowest BCUT2D eigenvalue weighted by Gasteiger charge is -2.30. The van der Waals surface area contributed by atoms with Gasteiger partial charge in [-0.15, -0.1) is 0 Å². The summed E-state index contributed by atoms with van der Waals surface area (Å²) in [6, 6.07) is 14.8. The van der Waals surface area contributed by atoms with Gasteiger partial charge in [-0.1, -0.05) is 30.3 Å². The minimum atomic E-state index is -0.552. The van der Waals surface area contributed by atoms with Gasteiger partial charge in [0.15, 0.2) is 6.10 Å². The topological polar surface area (TPSA) is 58.6 Å². The van der Waals surface area contributed by atoms with E-state index in [4.69, 9.17) is 4.74 Å². The van der Waals surface area contributed by atoms with Gasteiger partial charge in [-0.25, -0.2) is 0 Å². The Kier molecular flexibility index (Phi) is 4.25. The first-order valence-electron chi connectivity index (χ1n) is 7.91. The average Bonchev–Trinajstić information content (AvgIpc) is 2.60. The number of likely N-dealkylation sites (N-methyl/N-ethyl adjacent to an activating group) is 1. The van der Waals surface area contributed by atoms with Gasteiger partial charge in [0.05, 0.1) is 11.7 Å². The summed E-state index contributed by atoms with van der Waals surface area (Å²) in [6.45, 7) is 3.64. The first-order chi connectivity index (χ1) is 11.5. The zero-order chi connectivity index (χ0) is 17.3. The standard InChI is InChI=1S/C19H20N2O3/c1-12(14-7-5-4-6-8-14)20-18(22)15-9-10-16-17(11-15)24-13(2)19(23)21(16)3/h4-13H,1-3H3,(H,20,22). The lowest BCUT2D eigenvalue weighted by atomic mass is 10.1. The first kappa shape index (κ1) is 16.1. The highest BCUT2D eigenvalue weighted by Gasteiger charge is 2.29. The van der Waals surface area contributed by atoms with Crippen molar-refractivity contribution in [3.05, 3.63) is 59.7 Å². The third-order valence-corrected chi connectivity index (χ3v) is 4.21. The van der Waals surface area contributed by atoms with Crippen LogP contribution in [0.2, 0.25) is 0 Å². The molecule has 2 unspecified atom stereocenters. The number of fused-ring (bicyclic) bond motifs is 1. The number of ether oxygens (including phenoxy) is 1. The number of carbonyl (C=O) groups excluding carboxylic acids is 2. The fourth-order valence-electron chi connectivity index (χ4n) is 2.76. The molecule has 2 aromatic rings. The first-order valence-corrected chi connectivity index (χ1v) is 7.91. The second-order valence-corrected chi connectivity index (χ2v) is 5.95. The molecule has 0 fully saturated rings. The van der Waals surface area contributed by atoms with E-state index in [1.165, 1.54) is 0 Å². The second-order valence-electron chi connectivity index (χ2n) is 5.95. The molecule has 2 aromatic carbocycles. The fraction of sp³-hybridized carbons (Fsp3) is 0.263. The quantitative estimate of drug-likeness (QED) is 0.944. The van der Waals surface area contributed by atoms with Crippen molar-refractivity contribution >= 4 is 17.5 Å². The highest BCUT2D eigenvalue weighted by atomic mass is 16.5. The van der Waals surface area contributed by atoms with Crippen LogP contribution in [0.25, 0.3) is 0 Å². The Labute approximate surface area is 141 Å². The molecule has 2 atom stereocenters. The van der Waals surface area contributed by atoms with Gasteiger partial charge in [-0.05, 0) is 37.6 Å². The van der Waals surface area contributed by atoms with Crippen LogP contribution in [0.15, 0.2) is 48.5 Å². The van der Waals surface area contributed by atoms with Crippen LogP contribution in [0.4, 0.5) is 5.69 Å². The number of amides is 2. The van der Waals surface area contributed by atoms with E-state index in [9.17, 15) is 9.59 Å². The van der Waals surface area contributed by atoms with E-state index in [0.29, 0.717) is 17.0 Å². The SMILES string of the molecule is CC1Oc2cc(C(=O)NC(C)c3ccccc3)ccc2N(C)C1=O. The summed E-state index contributed by atoms with van der Waals surface area (Å²) in [5.41, 5.74) is 2.22. The number of anilines is 1. The summed E-state index contributed by atoms with van der Waals surface area (Å²) in [5, 5.41) is 2.98. The van der Waals surface area contributed by atoms with Crippen molar-refractivity contribution in [2.45, 2.75) is 26.0 Å². The van der Waals surface area contributed by atoms with Crippen molar-refractivity contribution in [3.8, 4) is 5.75 Å². The van der Waals surface area contributed by atoms with E-state index in [1.807, 2.05) is 37.3 Å². The number of carbonyl (C=O) groups is 2. The van der Waals surface area contributed by atoms with Crippen LogP contribution in [0.5, 0.6) is 5.75 Å².